The van der Waals surface area contributed by atoms with Crippen LogP contribution in [-0.2, 0) is 11.3 Å². The Hall–Kier alpha value is -1.65. The molecule has 0 spiro atoms. The number of anilines is 2. The maximum Gasteiger partial charge on any atom is 0.158 e. The first-order valence-corrected chi connectivity index (χ1v) is 7.44. The number of hydrogen-bond acceptors (Lipinski definition) is 4. The molecule has 4 nitrogen and oxygen atoms in total. The van der Waals surface area contributed by atoms with Crippen molar-refractivity contribution in [1.82, 2.24) is 9.97 Å². The number of rotatable bonds is 6. The van der Waals surface area contributed by atoms with Gasteiger partial charge in [-0.1, -0.05) is 37.6 Å². The van der Waals surface area contributed by atoms with E-state index in [1.54, 1.807) is 6.07 Å². The second-order valence-corrected chi connectivity index (χ2v) is 5.42. The topological polar surface area (TPSA) is 47.0 Å². The molecule has 2 aromatic rings. The van der Waals surface area contributed by atoms with Gasteiger partial charge in [0.15, 0.2) is 5.82 Å². The van der Waals surface area contributed by atoms with Crippen molar-refractivity contribution < 1.29 is 4.74 Å². The standard InChI is InChI=1S/C16H20ClN3O/c1-4-21-10-16-19-14(17)9-15(20-16)18-13-7-5-12(6-8-13)11(2)3/h5-9,11H,4,10H2,1-3H3,(H,18,19,20). The quantitative estimate of drug-likeness (QED) is 0.796. The van der Waals surface area contributed by atoms with Crippen molar-refractivity contribution in [3.8, 4) is 0 Å². The van der Waals surface area contributed by atoms with Crippen LogP contribution in [0.1, 0.15) is 38.1 Å². The molecule has 0 aliphatic heterocycles. The zero-order chi connectivity index (χ0) is 15.2. The zero-order valence-electron chi connectivity index (χ0n) is 12.6. The van der Waals surface area contributed by atoms with Crippen LogP contribution in [-0.4, -0.2) is 16.6 Å². The van der Waals surface area contributed by atoms with Crippen molar-refractivity contribution in [2.75, 3.05) is 11.9 Å². The molecule has 0 fully saturated rings. The van der Waals surface area contributed by atoms with Crippen LogP contribution in [0.3, 0.4) is 0 Å². The van der Waals surface area contributed by atoms with E-state index in [0.29, 0.717) is 35.9 Å². The first-order valence-electron chi connectivity index (χ1n) is 7.06. The third-order valence-electron chi connectivity index (χ3n) is 3.03. The molecule has 0 saturated heterocycles. The molecule has 5 heteroatoms. The van der Waals surface area contributed by atoms with Gasteiger partial charge in [-0.05, 0) is 30.5 Å². The van der Waals surface area contributed by atoms with Gasteiger partial charge in [0.2, 0.25) is 0 Å². The third-order valence-corrected chi connectivity index (χ3v) is 3.22. The summed E-state index contributed by atoms with van der Waals surface area (Å²) in [7, 11) is 0. The highest BCUT2D eigenvalue weighted by Gasteiger charge is 2.05. The van der Waals surface area contributed by atoms with Crippen LogP contribution in [0.2, 0.25) is 5.15 Å². The molecule has 1 N–H and O–H groups in total. The molecular weight excluding hydrogens is 286 g/mol. The van der Waals surface area contributed by atoms with E-state index in [4.69, 9.17) is 16.3 Å². The van der Waals surface area contributed by atoms with Crippen LogP contribution in [0.15, 0.2) is 30.3 Å². The molecule has 0 radical (unpaired) electrons. The molecule has 1 aromatic heterocycles. The van der Waals surface area contributed by atoms with E-state index in [0.717, 1.165) is 5.69 Å². The predicted octanol–water partition coefficient (Wildman–Crippen LogP) is 4.53. The van der Waals surface area contributed by atoms with Gasteiger partial charge in [-0.2, -0.15) is 0 Å². The molecule has 112 valence electrons. The minimum Gasteiger partial charge on any atom is -0.374 e. The summed E-state index contributed by atoms with van der Waals surface area (Å²) in [6, 6.07) is 9.99. The number of aromatic nitrogens is 2. The van der Waals surface area contributed by atoms with E-state index in [1.807, 2.05) is 19.1 Å². The molecule has 0 aliphatic rings. The lowest BCUT2D eigenvalue weighted by molar-refractivity contribution is 0.128. The molecule has 0 aliphatic carbocycles. The summed E-state index contributed by atoms with van der Waals surface area (Å²) < 4.78 is 5.31. The Bertz CT molecular complexity index is 585. The van der Waals surface area contributed by atoms with E-state index >= 15 is 0 Å². The Kier molecular flexibility index (Phi) is 5.53. The van der Waals surface area contributed by atoms with Crippen molar-refractivity contribution in [1.29, 1.82) is 0 Å². The van der Waals surface area contributed by atoms with Gasteiger partial charge in [-0.25, -0.2) is 9.97 Å². The highest BCUT2D eigenvalue weighted by molar-refractivity contribution is 6.29. The van der Waals surface area contributed by atoms with E-state index in [2.05, 4.69) is 41.3 Å². The van der Waals surface area contributed by atoms with E-state index in [9.17, 15) is 0 Å². The van der Waals surface area contributed by atoms with Crippen molar-refractivity contribution in [2.24, 2.45) is 0 Å². The SMILES string of the molecule is CCOCc1nc(Cl)cc(Nc2ccc(C(C)C)cc2)n1. The fraction of sp³-hybridized carbons (Fsp3) is 0.375. The van der Waals surface area contributed by atoms with Gasteiger partial charge in [-0.15, -0.1) is 0 Å². The molecule has 0 bridgehead atoms. The second-order valence-electron chi connectivity index (χ2n) is 5.03. The van der Waals surface area contributed by atoms with Crippen molar-refractivity contribution in [3.63, 3.8) is 0 Å². The normalized spacial score (nSPS) is 10.9. The van der Waals surface area contributed by atoms with Crippen LogP contribution in [0.25, 0.3) is 0 Å². The first-order chi connectivity index (χ1) is 10.1. The predicted molar refractivity (Wildman–Crippen MR) is 86.2 cm³/mol. The summed E-state index contributed by atoms with van der Waals surface area (Å²) >= 11 is 6.02. The molecule has 2 rings (SSSR count). The van der Waals surface area contributed by atoms with Gasteiger partial charge in [0.1, 0.15) is 17.6 Å². The Balaban J connectivity index is 2.12. The number of halogens is 1. The molecule has 1 heterocycles. The monoisotopic (exact) mass is 305 g/mol. The van der Waals surface area contributed by atoms with Gasteiger partial charge in [0.05, 0.1) is 0 Å². The van der Waals surface area contributed by atoms with Crippen molar-refractivity contribution in [3.05, 3.63) is 46.9 Å². The van der Waals surface area contributed by atoms with Gasteiger partial charge in [0.25, 0.3) is 0 Å². The molecular formula is C16H20ClN3O. The summed E-state index contributed by atoms with van der Waals surface area (Å²) in [5.41, 5.74) is 2.27. The molecule has 1 aromatic carbocycles. The highest BCUT2D eigenvalue weighted by Crippen LogP contribution is 2.21. The fourth-order valence-electron chi connectivity index (χ4n) is 1.89. The van der Waals surface area contributed by atoms with Crippen molar-refractivity contribution >= 4 is 23.1 Å². The van der Waals surface area contributed by atoms with Crippen LogP contribution in [0, 0.1) is 0 Å². The van der Waals surface area contributed by atoms with Gasteiger partial charge in [-0.3, -0.25) is 0 Å². The Morgan fingerprint density at radius 3 is 2.52 bits per heavy atom. The third kappa shape index (κ3) is 4.69. The van der Waals surface area contributed by atoms with Gasteiger partial charge < -0.3 is 10.1 Å². The van der Waals surface area contributed by atoms with E-state index in [1.165, 1.54) is 5.56 Å². The largest absolute Gasteiger partial charge is 0.374 e. The maximum atomic E-state index is 6.02. The summed E-state index contributed by atoms with van der Waals surface area (Å²) in [5, 5.41) is 3.64. The van der Waals surface area contributed by atoms with Crippen LogP contribution in [0.4, 0.5) is 11.5 Å². The van der Waals surface area contributed by atoms with Gasteiger partial charge in [0, 0.05) is 18.4 Å². The zero-order valence-corrected chi connectivity index (χ0v) is 13.3. The average Bonchev–Trinajstić information content (AvgIpc) is 2.45. The Labute approximate surface area is 130 Å². The number of nitrogens with one attached hydrogen (secondary N) is 1. The van der Waals surface area contributed by atoms with Crippen LogP contribution < -0.4 is 5.32 Å². The Morgan fingerprint density at radius 1 is 1.19 bits per heavy atom. The minimum atomic E-state index is 0.359. The lowest BCUT2D eigenvalue weighted by atomic mass is 10.0. The summed E-state index contributed by atoms with van der Waals surface area (Å²) in [6.45, 7) is 7.26. The van der Waals surface area contributed by atoms with E-state index < -0.39 is 0 Å². The summed E-state index contributed by atoms with van der Waals surface area (Å²) in [5.74, 6) is 1.76. The first kappa shape index (κ1) is 15.7. The highest BCUT2D eigenvalue weighted by atomic mass is 35.5. The van der Waals surface area contributed by atoms with Crippen LogP contribution >= 0.6 is 11.6 Å². The number of ether oxygens (including phenoxy) is 1. The lowest BCUT2D eigenvalue weighted by Crippen LogP contribution is -2.03. The van der Waals surface area contributed by atoms with Crippen LogP contribution in [0.5, 0.6) is 0 Å². The van der Waals surface area contributed by atoms with Gasteiger partial charge >= 0.3 is 0 Å². The van der Waals surface area contributed by atoms with Crippen molar-refractivity contribution in [2.45, 2.75) is 33.3 Å². The number of nitrogens with zero attached hydrogens (tertiary/aromatic N) is 2. The number of hydrogen-bond donors (Lipinski definition) is 1. The number of benzene rings is 1. The summed E-state index contributed by atoms with van der Waals surface area (Å²) in [6.07, 6.45) is 0. The smallest absolute Gasteiger partial charge is 0.158 e. The molecule has 0 atom stereocenters. The fourth-order valence-corrected chi connectivity index (χ4v) is 2.09. The Morgan fingerprint density at radius 2 is 1.90 bits per heavy atom. The summed E-state index contributed by atoms with van der Waals surface area (Å²) in [4.78, 5) is 8.53. The molecule has 0 saturated carbocycles. The maximum absolute atomic E-state index is 6.02. The lowest BCUT2D eigenvalue weighted by Gasteiger charge is -2.10. The molecule has 0 amide bonds. The minimum absolute atomic E-state index is 0.359. The van der Waals surface area contributed by atoms with E-state index in [-0.39, 0.29) is 0 Å². The second kappa shape index (κ2) is 7.38. The molecule has 21 heavy (non-hydrogen) atoms. The average molecular weight is 306 g/mol. The molecule has 0 unspecified atom stereocenters.